The molecule has 1 rings (SSSR count). The summed E-state index contributed by atoms with van der Waals surface area (Å²) in [6, 6.07) is 0. The van der Waals surface area contributed by atoms with Gasteiger partial charge in [-0.25, -0.2) is 8.42 Å². The Kier molecular flexibility index (Phi) is 4.76. The standard InChI is InChI=1S/C11H24N2O2S/c1-11(12-2)5-8-13(9-6-11)7-4-10-16(3,14)15/h12H,4-10H2,1-3H3. The van der Waals surface area contributed by atoms with Crippen molar-refractivity contribution >= 4 is 9.84 Å². The lowest BCUT2D eigenvalue weighted by atomic mass is 9.90. The first-order valence-corrected chi connectivity index (χ1v) is 8.00. The number of piperidine rings is 1. The average Bonchev–Trinajstić information content (AvgIpc) is 2.20. The van der Waals surface area contributed by atoms with Gasteiger partial charge in [-0.05, 0) is 52.9 Å². The van der Waals surface area contributed by atoms with Crippen LogP contribution in [-0.4, -0.2) is 57.5 Å². The largest absolute Gasteiger partial charge is 0.314 e. The molecule has 0 aromatic carbocycles. The summed E-state index contributed by atoms with van der Waals surface area (Å²) in [4.78, 5) is 2.37. The topological polar surface area (TPSA) is 49.4 Å². The van der Waals surface area contributed by atoms with Gasteiger partial charge >= 0.3 is 0 Å². The molecule has 0 unspecified atom stereocenters. The van der Waals surface area contributed by atoms with Crippen LogP contribution < -0.4 is 5.32 Å². The van der Waals surface area contributed by atoms with Gasteiger partial charge in [0.1, 0.15) is 9.84 Å². The Hall–Kier alpha value is -0.130. The van der Waals surface area contributed by atoms with Crippen LogP contribution in [0.15, 0.2) is 0 Å². The number of rotatable bonds is 5. The molecular formula is C11H24N2O2S. The summed E-state index contributed by atoms with van der Waals surface area (Å²) in [6.07, 6.45) is 4.35. The van der Waals surface area contributed by atoms with Crippen LogP contribution in [0, 0.1) is 0 Å². The Balaban J connectivity index is 2.23. The van der Waals surface area contributed by atoms with E-state index in [1.54, 1.807) is 0 Å². The van der Waals surface area contributed by atoms with Crippen molar-refractivity contribution in [1.82, 2.24) is 10.2 Å². The van der Waals surface area contributed by atoms with E-state index in [1.807, 2.05) is 7.05 Å². The van der Waals surface area contributed by atoms with Gasteiger partial charge in [-0.3, -0.25) is 0 Å². The Morgan fingerprint density at radius 3 is 2.31 bits per heavy atom. The lowest BCUT2D eigenvalue weighted by molar-refractivity contribution is 0.152. The molecule has 5 heteroatoms. The van der Waals surface area contributed by atoms with Crippen LogP contribution in [0.2, 0.25) is 0 Å². The third kappa shape index (κ3) is 4.80. The highest BCUT2D eigenvalue weighted by Crippen LogP contribution is 2.20. The molecule has 1 fully saturated rings. The summed E-state index contributed by atoms with van der Waals surface area (Å²) >= 11 is 0. The Morgan fingerprint density at radius 1 is 1.31 bits per heavy atom. The highest BCUT2D eigenvalue weighted by atomic mass is 32.2. The molecule has 96 valence electrons. The minimum absolute atomic E-state index is 0.271. The first kappa shape index (κ1) is 13.9. The van der Waals surface area contributed by atoms with E-state index >= 15 is 0 Å². The first-order valence-electron chi connectivity index (χ1n) is 5.94. The van der Waals surface area contributed by atoms with Gasteiger partial charge in [0.25, 0.3) is 0 Å². The predicted octanol–water partition coefficient (Wildman–Crippen LogP) is 0.495. The van der Waals surface area contributed by atoms with Gasteiger partial charge in [0, 0.05) is 11.8 Å². The monoisotopic (exact) mass is 248 g/mol. The zero-order chi connectivity index (χ0) is 12.2. The van der Waals surface area contributed by atoms with Crippen molar-refractivity contribution < 1.29 is 8.42 Å². The second-order valence-corrected chi connectivity index (χ2v) is 7.40. The van der Waals surface area contributed by atoms with Gasteiger partial charge in [-0.15, -0.1) is 0 Å². The molecule has 1 N–H and O–H groups in total. The number of hydrogen-bond donors (Lipinski definition) is 1. The summed E-state index contributed by atoms with van der Waals surface area (Å²) in [5.41, 5.74) is 0.271. The van der Waals surface area contributed by atoms with E-state index in [-0.39, 0.29) is 5.54 Å². The molecule has 0 radical (unpaired) electrons. The Morgan fingerprint density at radius 2 is 1.88 bits per heavy atom. The van der Waals surface area contributed by atoms with Gasteiger partial charge in [0.2, 0.25) is 0 Å². The molecule has 1 aliphatic heterocycles. The molecule has 1 saturated heterocycles. The van der Waals surface area contributed by atoms with Gasteiger partial charge < -0.3 is 10.2 Å². The zero-order valence-electron chi connectivity index (χ0n) is 10.6. The fourth-order valence-electron chi connectivity index (χ4n) is 2.07. The van der Waals surface area contributed by atoms with Crippen molar-refractivity contribution in [2.75, 3.05) is 38.7 Å². The van der Waals surface area contributed by atoms with Gasteiger partial charge in [-0.1, -0.05) is 0 Å². The van der Waals surface area contributed by atoms with Crippen molar-refractivity contribution in [2.45, 2.75) is 31.7 Å². The second-order valence-electron chi connectivity index (χ2n) is 5.14. The first-order chi connectivity index (χ1) is 7.35. The molecule has 16 heavy (non-hydrogen) atoms. The Bertz CT molecular complexity index is 306. The van der Waals surface area contributed by atoms with Crippen LogP contribution in [0.4, 0.5) is 0 Å². The maximum Gasteiger partial charge on any atom is 0.147 e. The van der Waals surface area contributed by atoms with E-state index in [0.717, 1.165) is 38.9 Å². The van der Waals surface area contributed by atoms with Crippen LogP contribution in [-0.2, 0) is 9.84 Å². The average molecular weight is 248 g/mol. The van der Waals surface area contributed by atoms with E-state index < -0.39 is 9.84 Å². The summed E-state index contributed by atoms with van der Waals surface area (Å²) < 4.78 is 22.0. The van der Waals surface area contributed by atoms with E-state index in [0.29, 0.717) is 5.75 Å². The van der Waals surface area contributed by atoms with Gasteiger partial charge in [-0.2, -0.15) is 0 Å². The van der Waals surface area contributed by atoms with E-state index in [2.05, 4.69) is 17.1 Å². The summed E-state index contributed by atoms with van der Waals surface area (Å²) in [5.74, 6) is 0.312. The third-order valence-electron chi connectivity index (χ3n) is 3.55. The molecule has 0 aliphatic carbocycles. The number of nitrogens with one attached hydrogen (secondary N) is 1. The molecule has 1 heterocycles. The van der Waals surface area contributed by atoms with Crippen LogP contribution in [0.3, 0.4) is 0 Å². The van der Waals surface area contributed by atoms with Crippen molar-refractivity contribution in [3.05, 3.63) is 0 Å². The summed E-state index contributed by atoms with van der Waals surface area (Å²) in [7, 11) is -0.778. The van der Waals surface area contributed by atoms with E-state index in [4.69, 9.17) is 0 Å². The van der Waals surface area contributed by atoms with Crippen LogP contribution >= 0.6 is 0 Å². The normalized spacial score (nSPS) is 22.2. The maximum atomic E-state index is 11.0. The highest BCUT2D eigenvalue weighted by Gasteiger charge is 2.27. The molecule has 1 aliphatic rings. The molecule has 4 nitrogen and oxygen atoms in total. The SMILES string of the molecule is CNC1(C)CCN(CCCS(C)(=O)=O)CC1. The predicted molar refractivity (Wildman–Crippen MR) is 67.5 cm³/mol. The lowest BCUT2D eigenvalue weighted by Crippen LogP contribution is -2.50. The van der Waals surface area contributed by atoms with Crippen molar-refractivity contribution in [3.63, 3.8) is 0 Å². The minimum Gasteiger partial charge on any atom is -0.314 e. The maximum absolute atomic E-state index is 11.0. The van der Waals surface area contributed by atoms with Gasteiger partial charge in [0.05, 0.1) is 5.75 Å². The van der Waals surface area contributed by atoms with Crippen molar-refractivity contribution in [2.24, 2.45) is 0 Å². The number of nitrogens with zero attached hydrogens (tertiary/aromatic N) is 1. The molecular weight excluding hydrogens is 224 g/mol. The van der Waals surface area contributed by atoms with Crippen molar-refractivity contribution in [1.29, 1.82) is 0 Å². The number of hydrogen-bond acceptors (Lipinski definition) is 4. The van der Waals surface area contributed by atoms with E-state index in [1.165, 1.54) is 6.26 Å². The fourth-order valence-corrected chi connectivity index (χ4v) is 2.72. The quantitative estimate of drug-likeness (QED) is 0.769. The Labute approximate surface area is 99.3 Å². The lowest BCUT2D eigenvalue weighted by Gasteiger charge is -2.39. The molecule has 0 aromatic rings. The second kappa shape index (κ2) is 5.47. The smallest absolute Gasteiger partial charge is 0.147 e. The summed E-state index contributed by atoms with van der Waals surface area (Å²) in [5, 5.41) is 3.36. The molecule has 0 saturated carbocycles. The molecule has 0 bridgehead atoms. The minimum atomic E-state index is -2.79. The van der Waals surface area contributed by atoms with Crippen LogP contribution in [0.25, 0.3) is 0 Å². The zero-order valence-corrected chi connectivity index (χ0v) is 11.4. The third-order valence-corrected chi connectivity index (χ3v) is 4.58. The van der Waals surface area contributed by atoms with Crippen LogP contribution in [0.5, 0.6) is 0 Å². The highest BCUT2D eigenvalue weighted by molar-refractivity contribution is 7.90. The molecule has 0 aromatic heterocycles. The molecule has 0 spiro atoms. The van der Waals surface area contributed by atoms with Crippen LogP contribution in [0.1, 0.15) is 26.2 Å². The van der Waals surface area contributed by atoms with Gasteiger partial charge in [0.15, 0.2) is 0 Å². The molecule has 0 atom stereocenters. The number of likely N-dealkylation sites (tertiary alicyclic amines) is 1. The number of sulfone groups is 1. The summed E-state index contributed by atoms with van der Waals surface area (Å²) in [6.45, 7) is 5.30. The van der Waals surface area contributed by atoms with Crippen molar-refractivity contribution in [3.8, 4) is 0 Å². The van der Waals surface area contributed by atoms with E-state index in [9.17, 15) is 8.42 Å². The fraction of sp³-hybridized carbons (Fsp3) is 1.00. The molecule has 0 amide bonds.